The van der Waals surface area contributed by atoms with Gasteiger partial charge in [0.15, 0.2) is 6.04 Å². The van der Waals surface area contributed by atoms with E-state index in [0.717, 1.165) is 16.9 Å². The highest BCUT2D eigenvalue weighted by Crippen LogP contribution is 2.16. The molecule has 2 aromatic rings. The molecule has 1 saturated heterocycles. The van der Waals surface area contributed by atoms with Crippen LogP contribution in [0.25, 0.3) is 0 Å². The maximum absolute atomic E-state index is 10.9. The highest BCUT2D eigenvalue weighted by atomic mass is 32.1. The summed E-state index contributed by atoms with van der Waals surface area (Å²) in [5, 5.41) is 17.5. The van der Waals surface area contributed by atoms with Gasteiger partial charge in [-0.25, -0.2) is 4.79 Å². The average Bonchev–Trinajstić information content (AvgIpc) is 3.16. The highest BCUT2D eigenvalue weighted by molar-refractivity contribution is 7.80. The van der Waals surface area contributed by atoms with Gasteiger partial charge in [-0.05, 0) is 36.1 Å². The lowest BCUT2D eigenvalue weighted by molar-refractivity contribution is -0.145. The zero-order valence-corrected chi connectivity index (χ0v) is 18.5. The molecule has 1 heterocycles. The summed E-state index contributed by atoms with van der Waals surface area (Å²) < 4.78 is 5.65. The number of nitrogens with two attached hydrogens (primary N) is 1. The molecule has 0 unspecified atom stereocenters. The molecule has 0 spiro atoms. The van der Waals surface area contributed by atoms with Gasteiger partial charge >= 0.3 is 11.9 Å². The van der Waals surface area contributed by atoms with Crippen LogP contribution in [0.5, 0.6) is 5.75 Å². The van der Waals surface area contributed by atoms with Crippen LogP contribution >= 0.6 is 12.2 Å². The van der Waals surface area contributed by atoms with Crippen LogP contribution in [0.1, 0.15) is 24.5 Å². The molecule has 1 aliphatic heterocycles. The van der Waals surface area contributed by atoms with E-state index >= 15 is 0 Å². The second kappa shape index (κ2) is 11.9. The predicted octanol–water partition coefficient (Wildman–Crippen LogP) is 2.28. The van der Waals surface area contributed by atoms with Crippen molar-refractivity contribution in [2.45, 2.75) is 38.5 Å². The number of carbonyl (C=O) groups excluding carboxylic acids is 1. The van der Waals surface area contributed by atoms with Crippen molar-refractivity contribution >= 4 is 34.9 Å². The van der Waals surface area contributed by atoms with Gasteiger partial charge in [0.1, 0.15) is 18.4 Å². The van der Waals surface area contributed by atoms with Crippen LogP contribution in [0.15, 0.2) is 54.6 Å². The Morgan fingerprint density at radius 3 is 2.22 bits per heavy atom. The lowest BCUT2D eigenvalue weighted by Crippen LogP contribution is -2.41. The first-order valence-electron chi connectivity index (χ1n) is 9.95. The van der Waals surface area contributed by atoms with Gasteiger partial charge in [-0.3, -0.25) is 9.59 Å². The Bertz CT molecular complexity index is 949. The summed E-state index contributed by atoms with van der Waals surface area (Å²) in [5.41, 5.74) is 7.47. The highest BCUT2D eigenvalue weighted by Gasteiger charge is 2.36. The zero-order chi connectivity index (χ0) is 23.7. The number of likely N-dealkylation sites (tertiary alicyclic amines) is 1. The van der Waals surface area contributed by atoms with E-state index in [-0.39, 0.29) is 5.91 Å². The van der Waals surface area contributed by atoms with Crippen molar-refractivity contribution in [2.24, 2.45) is 5.73 Å². The van der Waals surface area contributed by atoms with Crippen molar-refractivity contribution in [1.82, 2.24) is 4.90 Å². The minimum absolute atomic E-state index is 0.234. The van der Waals surface area contributed by atoms with Gasteiger partial charge in [-0.1, -0.05) is 54.7 Å². The molecule has 1 aliphatic rings. The first kappa shape index (κ1) is 25.0. The largest absolute Gasteiger partial charge is 0.489 e. The van der Waals surface area contributed by atoms with Crippen molar-refractivity contribution < 1.29 is 29.3 Å². The molecule has 0 radical (unpaired) electrons. The summed E-state index contributed by atoms with van der Waals surface area (Å²) in [5.74, 6) is -1.51. The number of aliphatic carboxylic acids is 2. The number of nitrogens with zero attached hydrogens (tertiary/aromatic N) is 1. The van der Waals surface area contributed by atoms with Crippen LogP contribution in [0.4, 0.5) is 0 Å². The second-order valence-electron chi connectivity index (χ2n) is 7.24. The van der Waals surface area contributed by atoms with E-state index in [1.807, 2.05) is 54.6 Å². The van der Waals surface area contributed by atoms with Crippen molar-refractivity contribution in [3.63, 3.8) is 0 Å². The number of ether oxygens (including phenoxy) is 1. The fraction of sp³-hybridized carbons (Fsp3) is 0.304. The van der Waals surface area contributed by atoms with Crippen molar-refractivity contribution in [1.29, 1.82) is 0 Å². The second-order valence-corrected chi connectivity index (χ2v) is 7.76. The SMILES string of the molecule is CC(=O)N1CCC(=S)[C@H]1C(=O)O.N[C@@H](Cc1ccc(OCc2ccccc2)cc1)C(=O)O. The van der Waals surface area contributed by atoms with Crippen LogP contribution in [-0.4, -0.2) is 56.5 Å². The van der Waals surface area contributed by atoms with Gasteiger partial charge in [-0.2, -0.15) is 0 Å². The van der Waals surface area contributed by atoms with E-state index in [1.54, 1.807) is 0 Å². The smallest absolute Gasteiger partial charge is 0.331 e. The fourth-order valence-corrected chi connectivity index (χ4v) is 3.40. The van der Waals surface area contributed by atoms with Crippen molar-refractivity contribution in [3.05, 3.63) is 65.7 Å². The van der Waals surface area contributed by atoms with Crippen LogP contribution < -0.4 is 10.5 Å². The molecule has 2 atom stereocenters. The summed E-state index contributed by atoms with van der Waals surface area (Å²) in [4.78, 5) is 34.0. The molecule has 1 amide bonds. The number of carboxylic acid groups (broad SMARTS) is 2. The standard InChI is InChI=1S/C16H17NO3.C7H9NO3S/c17-15(16(18)19)10-12-6-8-14(9-7-12)20-11-13-4-2-1-3-5-13;1-4(9)8-3-2-5(12)6(8)7(10)11/h1-9,15H,10-11,17H2,(H,18,19);6H,2-3H2,1H3,(H,10,11)/t15-;6-/m00/s1. The van der Waals surface area contributed by atoms with Crippen molar-refractivity contribution in [3.8, 4) is 5.75 Å². The lowest BCUT2D eigenvalue weighted by Gasteiger charge is -2.18. The third-order valence-corrected chi connectivity index (χ3v) is 5.23. The van der Waals surface area contributed by atoms with Crippen molar-refractivity contribution in [2.75, 3.05) is 6.54 Å². The molecule has 3 rings (SSSR count). The third-order valence-electron chi connectivity index (χ3n) is 4.80. The van der Waals surface area contributed by atoms with Gasteiger partial charge < -0.3 is 25.6 Å². The summed E-state index contributed by atoms with van der Waals surface area (Å²) in [6, 6.07) is 15.5. The Balaban J connectivity index is 0.000000258. The van der Waals surface area contributed by atoms with Gasteiger partial charge in [0.05, 0.1) is 0 Å². The average molecular weight is 459 g/mol. The summed E-state index contributed by atoms with van der Waals surface area (Å²) >= 11 is 4.84. The molecule has 1 fully saturated rings. The summed E-state index contributed by atoms with van der Waals surface area (Å²) in [6.45, 7) is 2.30. The molecule has 32 heavy (non-hydrogen) atoms. The van der Waals surface area contributed by atoms with E-state index in [0.29, 0.717) is 30.9 Å². The predicted molar refractivity (Wildman–Crippen MR) is 123 cm³/mol. The molecule has 0 aromatic heterocycles. The Hall–Kier alpha value is -3.30. The maximum atomic E-state index is 10.9. The number of benzene rings is 2. The van der Waals surface area contributed by atoms with Crippen LogP contribution in [-0.2, 0) is 27.4 Å². The molecule has 170 valence electrons. The number of carboxylic acids is 2. The number of hydrogen-bond acceptors (Lipinski definition) is 6. The van der Waals surface area contributed by atoms with Crippen LogP contribution in [0.2, 0.25) is 0 Å². The lowest BCUT2D eigenvalue weighted by atomic mass is 10.1. The minimum atomic E-state index is -1.03. The minimum Gasteiger partial charge on any atom is -0.489 e. The Morgan fingerprint density at radius 1 is 1.09 bits per heavy atom. The van der Waals surface area contributed by atoms with E-state index < -0.39 is 24.0 Å². The number of carbonyl (C=O) groups is 3. The normalized spacial score (nSPS) is 16.0. The number of amides is 1. The van der Waals surface area contributed by atoms with Gasteiger partial charge in [0.2, 0.25) is 5.91 Å². The Morgan fingerprint density at radius 2 is 1.72 bits per heavy atom. The molecular formula is C23H26N2O6S. The topological polar surface area (TPSA) is 130 Å². The zero-order valence-electron chi connectivity index (χ0n) is 17.6. The molecular weight excluding hydrogens is 432 g/mol. The molecule has 4 N–H and O–H groups in total. The first-order valence-corrected chi connectivity index (χ1v) is 10.4. The number of rotatable bonds is 7. The van der Waals surface area contributed by atoms with Gasteiger partial charge in [0.25, 0.3) is 0 Å². The molecule has 9 heteroatoms. The van der Waals surface area contributed by atoms with E-state index in [2.05, 4.69) is 0 Å². The number of thiocarbonyl (C=S) groups is 1. The molecule has 2 aromatic carbocycles. The van der Waals surface area contributed by atoms with Crippen LogP contribution in [0.3, 0.4) is 0 Å². The Labute approximate surface area is 191 Å². The Kier molecular flexibility index (Phi) is 9.30. The third kappa shape index (κ3) is 7.44. The quantitative estimate of drug-likeness (QED) is 0.539. The fourth-order valence-electron chi connectivity index (χ4n) is 3.08. The summed E-state index contributed by atoms with van der Waals surface area (Å²) in [6.07, 6.45) is 0.834. The molecule has 0 saturated carbocycles. The summed E-state index contributed by atoms with van der Waals surface area (Å²) in [7, 11) is 0. The first-order chi connectivity index (χ1) is 15.2. The van der Waals surface area contributed by atoms with E-state index in [9.17, 15) is 14.4 Å². The van der Waals surface area contributed by atoms with E-state index in [1.165, 1.54) is 11.8 Å². The van der Waals surface area contributed by atoms with Gasteiger partial charge in [-0.15, -0.1) is 0 Å². The molecule has 8 nitrogen and oxygen atoms in total. The number of hydrogen-bond donors (Lipinski definition) is 3. The monoisotopic (exact) mass is 458 g/mol. The van der Waals surface area contributed by atoms with E-state index in [4.69, 9.17) is 32.9 Å². The molecule has 0 aliphatic carbocycles. The maximum Gasteiger partial charge on any atom is 0.331 e. The molecule has 0 bridgehead atoms. The van der Waals surface area contributed by atoms with Crippen LogP contribution in [0, 0.1) is 0 Å². The van der Waals surface area contributed by atoms with Gasteiger partial charge in [0, 0.05) is 18.3 Å².